The Morgan fingerprint density at radius 3 is 1.62 bits per heavy atom. The molecule has 0 aromatic carbocycles. The molecule has 0 amide bonds. The molecule has 0 rings (SSSR count). The summed E-state index contributed by atoms with van der Waals surface area (Å²) in [7, 11) is 0. The lowest BCUT2D eigenvalue weighted by molar-refractivity contribution is 0.192. The van der Waals surface area contributed by atoms with Crippen molar-refractivity contribution in [2.24, 2.45) is 0 Å². The van der Waals surface area contributed by atoms with Gasteiger partial charge >= 0.3 is 0 Å². The number of hydrogen-bond acceptors (Lipinski definition) is 1. The summed E-state index contributed by atoms with van der Waals surface area (Å²) in [6.45, 7) is 10.1. The first-order valence-electron chi connectivity index (χ1n) is 5.09. The highest BCUT2D eigenvalue weighted by Gasteiger charge is 1.85. The average molecular weight is 182 g/mol. The molecule has 0 aliphatic rings. The minimum absolute atomic E-state index is 0.743. The zero-order chi connectivity index (χ0) is 10.1. The second kappa shape index (κ2) is 8.06. The van der Waals surface area contributed by atoms with E-state index in [0.717, 1.165) is 26.1 Å². The van der Waals surface area contributed by atoms with Crippen molar-refractivity contribution < 1.29 is 4.74 Å². The van der Waals surface area contributed by atoms with Gasteiger partial charge in [0.05, 0.1) is 13.2 Å². The molecule has 1 heteroatoms. The van der Waals surface area contributed by atoms with Crippen molar-refractivity contribution in [3.63, 3.8) is 0 Å². The number of hydrogen-bond donors (Lipinski definition) is 0. The predicted molar refractivity (Wildman–Crippen MR) is 58.9 cm³/mol. The van der Waals surface area contributed by atoms with Gasteiger partial charge in [-0.05, 0) is 26.7 Å². The fourth-order valence-electron chi connectivity index (χ4n) is 0.759. The predicted octanol–water partition coefficient (Wildman–Crippen LogP) is 3.72. The van der Waals surface area contributed by atoms with Gasteiger partial charge in [-0.3, -0.25) is 0 Å². The summed E-state index contributed by atoms with van der Waals surface area (Å²) in [6, 6.07) is 0. The van der Waals surface area contributed by atoms with Gasteiger partial charge in [0, 0.05) is 0 Å². The zero-order valence-corrected chi connectivity index (χ0v) is 9.39. The van der Waals surface area contributed by atoms with Crippen LogP contribution in [0.3, 0.4) is 0 Å². The molecule has 0 aromatic rings. The molecule has 0 aliphatic carbocycles. The van der Waals surface area contributed by atoms with Crippen molar-refractivity contribution >= 4 is 0 Å². The summed E-state index contributed by atoms with van der Waals surface area (Å²) in [5.74, 6) is 0. The summed E-state index contributed by atoms with van der Waals surface area (Å²) in [5, 5.41) is 0. The third kappa shape index (κ3) is 7.79. The Morgan fingerprint density at radius 2 is 1.31 bits per heavy atom. The topological polar surface area (TPSA) is 9.23 Å². The maximum absolute atomic E-state index is 5.43. The van der Waals surface area contributed by atoms with Crippen LogP contribution in [0.2, 0.25) is 0 Å². The Morgan fingerprint density at radius 1 is 0.923 bits per heavy atom. The van der Waals surface area contributed by atoms with Crippen molar-refractivity contribution in [1.82, 2.24) is 0 Å². The summed E-state index contributed by atoms with van der Waals surface area (Å²) in [6.07, 6.45) is 6.53. The monoisotopic (exact) mass is 182 g/mol. The molecule has 0 fully saturated rings. The Balaban J connectivity index is 3.47. The summed E-state index contributed by atoms with van der Waals surface area (Å²) < 4.78 is 5.43. The van der Waals surface area contributed by atoms with Gasteiger partial charge in [0.15, 0.2) is 0 Å². The van der Waals surface area contributed by atoms with Crippen molar-refractivity contribution in [3.05, 3.63) is 23.3 Å². The lowest BCUT2D eigenvalue weighted by atomic mass is 10.2. The molecule has 0 aliphatic heterocycles. The normalized spacial score (nSPS) is 13.5. The van der Waals surface area contributed by atoms with Crippen molar-refractivity contribution in [2.45, 2.75) is 40.5 Å². The molecule has 1 nitrogen and oxygen atoms in total. The second-order valence-electron chi connectivity index (χ2n) is 3.35. The summed E-state index contributed by atoms with van der Waals surface area (Å²) in [4.78, 5) is 0. The molecule has 0 aromatic heterocycles. The smallest absolute Gasteiger partial charge is 0.0654 e. The molecular formula is C12H22O. The van der Waals surface area contributed by atoms with Crippen LogP contribution in [0.15, 0.2) is 23.3 Å². The third-order valence-electron chi connectivity index (χ3n) is 2.21. The van der Waals surface area contributed by atoms with Gasteiger partial charge in [0.25, 0.3) is 0 Å². The van der Waals surface area contributed by atoms with Gasteiger partial charge in [-0.2, -0.15) is 0 Å². The highest BCUT2D eigenvalue weighted by Crippen LogP contribution is 1.99. The van der Waals surface area contributed by atoms with Gasteiger partial charge in [0.2, 0.25) is 0 Å². The zero-order valence-electron chi connectivity index (χ0n) is 9.39. The molecule has 0 radical (unpaired) electrons. The number of rotatable bonds is 6. The van der Waals surface area contributed by atoms with Crippen LogP contribution in [0.25, 0.3) is 0 Å². The number of ether oxygens (including phenoxy) is 1. The Hall–Kier alpha value is -0.560. The van der Waals surface area contributed by atoms with Gasteiger partial charge in [-0.1, -0.05) is 37.1 Å². The minimum atomic E-state index is 0.743. The fraction of sp³-hybridized carbons (Fsp3) is 0.667. The molecule has 0 heterocycles. The van der Waals surface area contributed by atoms with E-state index in [1.165, 1.54) is 11.1 Å². The summed E-state index contributed by atoms with van der Waals surface area (Å²) in [5.41, 5.74) is 2.80. The molecule has 0 atom stereocenters. The number of allylic oxidation sites excluding steroid dienone is 2. The molecule has 13 heavy (non-hydrogen) atoms. The molecule has 0 saturated heterocycles. The van der Waals surface area contributed by atoms with E-state index in [1.54, 1.807) is 0 Å². The maximum Gasteiger partial charge on any atom is 0.0654 e. The van der Waals surface area contributed by atoms with Crippen LogP contribution in [0.5, 0.6) is 0 Å². The van der Waals surface area contributed by atoms with E-state index in [0.29, 0.717) is 0 Å². The highest BCUT2D eigenvalue weighted by atomic mass is 16.5. The lowest BCUT2D eigenvalue weighted by Crippen LogP contribution is -1.92. The SMILES string of the molecule is CCC(C)=CCOCC=C(C)CC. The lowest BCUT2D eigenvalue weighted by Gasteiger charge is -1.99. The average Bonchev–Trinajstić information content (AvgIpc) is 2.16. The van der Waals surface area contributed by atoms with E-state index in [1.807, 2.05) is 0 Å². The molecule has 0 spiro atoms. The van der Waals surface area contributed by atoms with Gasteiger partial charge < -0.3 is 4.74 Å². The van der Waals surface area contributed by atoms with Crippen LogP contribution >= 0.6 is 0 Å². The molecule has 0 N–H and O–H groups in total. The van der Waals surface area contributed by atoms with E-state index in [2.05, 4.69) is 39.8 Å². The van der Waals surface area contributed by atoms with Crippen LogP contribution in [-0.4, -0.2) is 13.2 Å². The molecule has 76 valence electrons. The Bertz CT molecular complexity index is 158. The van der Waals surface area contributed by atoms with E-state index < -0.39 is 0 Å². The van der Waals surface area contributed by atoms with Gasteiger partial charge in [-0.25, -0.2) is 0 Å². The van der Waals surface area contributed by atoms with E-state index in [-0.39, 0.29) is 0 Å². The van der Waals surface area contributed by atoms with Crippen LogP contribution in [0.4, 0.5) is 0 Å². The van der Waals surface area contributed by atoms with Crippen LogP contribution in [0.1, 0.15) is 40.5 Å². The highest BCUT2D eigenvalue weighted by molar-refractivity contribution is 4.98. The van der Waals surface area contributed by atoms with Crippen LogP contribution < -0.4 is 0 Å². The maximum atomic E-state index is 5.43. The van der Waals surface area contributed by atoms with Crippen molar-refractivity contribution in [2.75, 3.05) is 13.2 Å². The third-order valence-corrected chi connectivity index (χ3v) is 2.21. The van der Waals surface area contributed by atoms with E-state index in [4.69, 9.17) is 4.74 Å². The second-order valence-corrected chi connectivity index (χ2v) is 3.35. The largest absolute Gasteiger partial charge is 0.373 e. The molecular weight excluding hydrogens is 160 g/mol. The Labute approximate surface area is 82.5 Å². The van der Waals surface area contributed by atoms with Crippen LogP contribution in [-0.2, 0) is 4.74 Å². The van der Waals surface area contributed by atoms with E-state index >= 15 is 0 Å². The van der Waals surface area contributed by atoms with Crippen molar-refractivity contribution in [3.8, 4) is 0 Å². The van der Waals surface area contributed by atoms with Gasteiger partial charge in [-0.15, -0.1) is 0 Å². The fourth-order valence-corrected chi connectivity index (χ4v) is 0.759. The van der Waals surface area contributed by atoms with Gasteiger partial charge in [0.1, 0.15) is 0 Å². The van der Waals surface area contributed by atoms with Crippen molar-refractivity contribution in [1.29, 1.82) is 0 Å². The standard InChI is InChI=1S/C12H22O/c1-5-11(3)7-9-13-10-8-12(4)6-2/h7-8H,5-6,9-10H2,1-4H3. The van der Waals surface area contributed by atoms with E-state index in [9.17, 15) is 0 Å². The quantitative estimate of drug-likeness (QED) is 0.449. The summed E-state index contributed by atoms with van der Waals surface area (Å²) >= 11 is 0. The molecule has 0 saturated carbocycles. The first-order chi connectivity index (χ1) is 6.20. The minimum Gasteiger partial charge on any atom is -0.373 e. The first-order valence-corrected chi connectivity index (χ1v) is 5.09. The Kier molecular flexibility index (Phi) is 7.71. The molecule has 0 unspecified atom stereocenters. The first kappa shape index (κ1) is 12.4. The molecule has 0 bridgehead atoms. The van der Waals surface area contributed by atoms with Crippen LogP contribution in [0, 0.1) is 0 Å².